The van der Waals surface area contributed by atoms with Gasteiger partial charge in [0.2, 0.25) is 0 Å². The minimum Gasteiger partial charge on any atom is -0.288 e. The summed E-state index contributed by atoms with van der Waals surface area (Å²) in [5.74, 6) is 0.222. The molecule has 0 spiro atoms. The molecule has 0 radical (unpaired) electrons. The number of para-hydroxylation sites is 1. The Morgan fingerprint density at radius 2 is 1.81 bits per heavy atom. The van der Waals surface area contributed by atoms with Gasteiger partial charge in [0.1, 0.15) is 5.82 Å². The molecule has 0 aliphatic carbocycles. The van der Waals surface area contributed by atoms with Crippen LogP contribution in [0.2, 0.25) is 0 Å². The molecule has 0 bridgehead atoms. The molecule has 1 unspecified atom stereocenters. The Balaban J connectivity index is 1.96. The molecule has 0 saturated carbocycles. The van der Waals surface area contributed by atoms with E-state index < -0.39 is 20.8 Å². The van der Waals surface area contributed by atoms with Crippen LogP contribution >= 0.6 is 0 Å². The number of rotatable bonds is 3. The number of nitro groups is 1. The molecule has 8 nitrogen and oxygen atoms in total. The summed E-state index contributed by atoms with van der Waals surface area (Å²) in [7, 11) is -3.21. The van der Waals surface area contributed by atoms with Crippen molar-refractivity contribution < 1.29 is 13.3 Å². The minimum atomic E-state index is -3.21. The third kappa shape index (κ3) is 3.10. The number of nitrogens with zero attached hydrogens (tertiary/aromatic N) is 3. The summed E-state index contributed by atoms with van der Waals surface area (Å²) in [6.07, 6.45) is 0.336. The van der Waals surface area contributed by atoms with Crippen molar-refractivity contribution in [2.24, 2.45) is 0 Å². The van der Waals surface area contributed by atoms with E-state index in [0.29, 0.717) is 28.7 Å². The van der Waals surface area contributed by atoms with Crippen molar-refractivity contribution in [1.82, 2.24) is 9.55 Å². The number of fused-ring (bicyclic) bond motifs is 1. The predicted molar refractivity (Wildman–Crippen MR) is 100 cm³/mol. The highest BCUT2D eigenvalue weighted by atomic mass is 32.2. The Kier molecular flexibility index (Phi) is 4.03. The molecule has 27 heavy (non-hydrogen) atoms. The van der Waals surface area contributed by atoms with Crippen molar-refractivity contribution in [3.8, 4) is 11.4 Å². The van der Waals surface area contributed by atoms with Crippen LogP contribution < -0.4 is 5.56 Å². The lowest BCUT2D eigenvalue weighted by Crippen LogP contribution is -2.28. The van der Waals surface area contributed by atoms with Crippen LogP contribution in [0.1, 0.15) is 12.5 Å². The van der Waals surface area contributed by atoms with Gasteiger partial charge in [-0.05, 0) is 30.7 Å². The first-order valence-electron chi connectivity index (χ1n) is 8.32. The van der Waals surface area contributed by atoms with Gasteiger partial charge in [0.15, 0.2) is 9.84 Å². The smallest absolute Gasteiger partial charge is 0.269 e. The fourth-order valence-corrected chi connectivity index (χ4v) is 5.10. The molecule has 1 saturated heterocycles. The van der Waals surface area contributed by atoms with Gasteiger partial charge in [-0.15, -0.1) is 0 Å². The Bertz CT molecular complexity index is 1220. The van der Waals surface area contributed by atoms with E-state index in [9.17, 15) is 23.3 Å². The molecule has 2 aromatic carbocycles. The highest BCUT2D eigenvalue weighted by Gasteiger charge is 2.32. The Labute approximate surface area is 154 Å². The molecule has 3 aromatic rings. The summed E-state index contributed by atoms with van der Waals surface area (Å²) in [5.41, 5.74) is 0.633. The molecule has 1 aliphatic rings. The third-order valence-corrected chi connectivity index (χ3v) is 6.47. The van der Waals surface area contributed by atoms with Crippen molar-refractivity contribution in [3.05, 3.63) is 69.0 Å². The van der Waals surface area contributed by atoms with Crippen LogP contribution in [0.15, 0.2) is 53.3 Å². The molecule has 2 heterocycles. The van der Waals surface area contributed by atoms with Crippen LogP contribution in [0.4, 0.5) is 5.69 Å². The van der Waals surface area contributed by atoms with Gasteiger partial charge in [-0.25, -0.2) is 13.4 Å². The lowest BCUT2D eigenvalue weighted by molar-refractivity contribution is -0.384. The van der Waals surface area contributed by atoms with E-state index in [0.717, 1.165) is 0 Å². The SMILES string of the molecule is O=c1c2ccccc2nc(-c2ccc([N+](=O)[O-])cc2)n1C1CCS(=O)(=O)C1. The van der Waals surface area contributed by atoms with Crippen LogP contribution in [-0.4, -0.2) is 34.4 Å². The Morgan fingerprint density at radius 1 is 1.11 bits per heavy atom. The topological polar surface area (TPSA) is 112 Å². The Morgan fingerprint density at radius 3 is 2.44 bits per heavy atom. The van der Waals surface area contributed by atoms with Crippen molar-refractivity contribution in [2.45, 2.75) is 12.5 Å². The first-order valence-corrected chi connectivity index (χ1v) is 10.1. The normalized spacial score (nSPS) is 18.6. The molecule has 0 amide bonds. The second kappa shape index (κ2) is 6.27. The lowest BCUT2D eigenvalue weighted by atomic mass is 10.1. The van der Waals surface area contributed by atoms with E-state index >= 15 is 0 Å². The fraction of sp³-hybridized carbons (Fsp3) is 0.222. The molecule has 1 atom stereocenters. The second-order valence-corrected chi connectivity index (χ2v) is 8.72. The molecule has 1 aliphatic heterocycles. The van der Waals surface area contributed by atoms with Gasteiger partial charge in [-0.3, -0.25) is 19.5 Å². The summed E-state index contributed by atoms with van der Waals surface area (Å²) in [4.78, 5) is 28.1. The van der Waals surface area contributed by atoms with Crippen molar-refractivity contribution in [3.63, 3.8) is 0 Å². The number of sulfone groups is 1. The zero-order chi connectivity index (χ0) is 19.2. The minimum absolute atomic E-state index is 0.0244. The van der Waals surface area contributed by atoms with Gasteiger partial charge in [0.25, 0.3) is 11.2 Å². The molecule has 4 rings (SSSR count). The maximum Gasteiger partial charge on any atom is 0.269 e. The maximum atomic E-state index is 13.1. The molecule has 9 heteroatoms. The fourth-order valence-electron chi connectivity index (χ4n) is 3.40. The number of aromatic nitrogens is 2. The van der Waals surface area contributed by atoms with E-state index in [4.69, 9.17) is 0 Å². The number of non-ortho nitro benzene ring substituents is 1. The van der Waals surface area contributed by atoms with Crippen molar-refractivity contribution in [1.29, 1.82) is 0 Å². The van der Waals surface area contributed by atoms with E-state index in [1.54, 1.807) is 24.3 Å². The van der Waals surface area contributed by atoms with Gasteiger partial charge in [-0.1, -0.05) is 12.1 Å². The number of nitro benzene ring substituents is 1. The van der Waals surface area contributed by atoms with E-state index in [-0.39, 0.29) is 22.8 Å². The molecule has 0 N–H and O–H groups in total. The predicted octanol–water partition coefficient (Wildman–Crippen LogP) is 2.33. The average molecular weight is 385 g/mol. The van der Waals surface area contributed by atoms with E-state index in [1.807, 2.05) is 0 Å². The first kappa shape index (κ1) is 17.3. The molecule has 138 valence electrons. The zero-order valence-electron chi connectivity index (χ0n) is 14.1. The molecule has 1 fully saturated rings. The van der Waals surface area contributed by atoms with Crippen molar-refractivity contribution in [2.75, 3.05) is 11.5 Å². The van der Waals surface area contributed by atoms with Gasteiger partial charge in [-0.2, -0.15) is 0 Å². The quantitative estimate of drug-likeness (QED) is 0.505. The highest BCUT2D eigenvalue weighted by Crippen LogP contribution is 2.29. The van der Waals surface area contributed by atoms with Gasteiger partial charge >= 0.3 is 0 Å². The molecule has 1 aromatic heterocycles. The van der Waals surface area contributed by atoms with Gasteiger partial charge in [0.05, 0.1) is 33.4 Å². The highest BCUT2D eigenvalue weighted by molar-refractivity contribution is 7.91. The van der Waals surface area contributed by atoms with Gasteiger partial charge in [0, 0.05) is 17.7 Å². The number of hydrogen-bond donors (Lipinski definition) is 0. The van der Waals surface area contributed by atoms with Crippen LogP contribution in [0, 0.1) is 10.1 Å². The lowest BCUT2D eigenvalue weighted by Gasteiger charge is -2.18. The summed E-state index contributed by atoms with van der Waals surface area (Å²) in [5, 5.41) is 11.3. The van der Waals surface area contributed by atoms with Crippen LogP contribution in [0.3, 0.4) is 0 Å². The number of hydrogen-bond acceptors (Lipinski definition) is 6. The third-order valence-electron chi connectivity index (χ3n) is 4.72. The van der Waals surface area contributed by atoms with E-state index in [1.165, 1.54) is 28.8 Å². The Hall–Kier alpha value is -3.07. The first-order chi connectivity index (χ1) is 12.9. The molecular weight excluding hydrogens is 370 g/mol. The monoisotopic (exact) mass is 385 g/mol. The standard InChI is InChI=1S/C18H15N3O5S/c22-18-15-3-1-2-4-16(15)19-17(12-5-7-13(8-6-12)21(23)24)20(18)14-9-10-27(25,26)11-14/h1-8,14H,9-11H2. The summed E-state index contributed by atoms with van der Waals surface area (Å²) < 4.78 is 25.3. The summed E-state index contributed by atoms with van der Waals surface area (Å²) in [6, 6.07) is 12.1. The maximum absolute atomic E-state index is 13.1. The number of benzene rings is 2. The van der Waals surface area contributed by atoms with Crippen molar-refractivity contribution >= 4 is 26.4 Å². The largest absolute Gasteiger partial charge is 0.288 e. The van der Waals surface area contributed by atoms with E-state index in [2.05, 4.69) is 4.98 Å². The summed E-state index contributed by atoms with van der Waals surface area (Å²) in [6.45, 7) is 0. The molecular formula is C18H15N3O5S. The van der Waals surface area contributed by atoms with Crippen LogP contribution in [-0.2, 0) is 9.84 Å². The van der Waals surface area contributed by atoms with Crippen LogP contribution in [0.25, 0.3) is 22.3 Å². The summed E-state index contributed by atoms with van der Waals surface area (Å²) >= 11 is 0. The second-order valence-electron chi connectivity index (χ2n) is 6.49. The van der Waals surface area contributed by atoms with Crippen LogP contribution in [0.5, 0.6) is 0 Å². The van der Waals surface area contributed by atoms with Gasteiger partial charge < -0.3 is 0 Å². The average Bonchev–Trinajstić information content (AvgIpc) is 3.01. The zero-order valence-corrected chi connectivity index (χ0v) is 14.9.